The maximum atomic E-state index is 12.7. The highest BCUT2D eigenvalue weighted by molar-refractivity contribution is 7.71. The van der Waals surface area contributed by atoms with Crippen molar-refractivity contribution in [3.8, 4) is 0 Å². The first-order valence-electron chi connectivity index (χ1n) is 7.61. The Bertz CT molecular complexity index is 1170. The van der Waals surface area contributed by atoms with Gasteiger partial charge in [0.15, 0.2) is 4.77 Å². The van der Waals surface area contributed by atoms with Gasteiger partial charge in [0.25, 0.3) is 5.56 Å². The third-order valence-corrected chi connectivity index (χ3v) is 4.78. The quantitative estimate of drug-likeness (QED) is 0.534. The van der Waals surface area contributed by atoms with Gasteiger partial charge in [-0.05, 0) is 48.5 Å². The van der Waals surface area contributed by atoms with Crippen LogP contribution in [-0.2, 0) is 13.0 Å². The largest absolute Gasteiger partial charge is 0.361 e. The average molecular weight is 356 g/mol. The molecule has 6 heteroatoms. The molecule has 0 unspecified atom stereocenters. The molecule has 0 spiro atoms. The van der Waals surface area contributed by atoms with Crippen molar-refractivity contribution in [3.63, 3.8) is 0 Å². The van der Waals surface area contributed by atoms with E-state index in [0.717, 1.165) is 11.1 Å². The number of aromatic nitrogens is 3. The van der Waals surface area contributed by atoms with Gasteiger partial charge < -0.3 is 9.97 Å². The normalized spacial score (nSPS) is 11.4. The van der Waals surface area contributed by atoms with Gasteiger partial charge in [-0.1, -0.05) is 29.8 Å². The van der Waals surface area contributed by atoms with Gasteiger partial charge in [0.1, 0.15) is 0 Å². The molecule has 0 atom stereocenters. The maximum absolute atomic E-state index is 12.7. The van der Waals surface area contributed by atoms with Crippen LogP contribution >= 0.6 is 23.8 Å². The summed E-state index contributed by atoms with van der Waals surface area (Å²) in [6, 6.07) is 13.3. The van der Waals surface area contributed by atoms with Crippen molar-refractivity contribution < 1.29 is 0 Å². The van der Waals surface area contributed by atoms with Crippen LogP contribution in [0.3, 0.4) is 0 Å². The SMILES string of the molecule is O=c1c2cc(Cl)ccc2[nH]c(=S)n1CCc1c[nH]c2ccccc12. The minimum Gasteiger partial charge on any atom is -0.361 e. The zero-order chi connectivity index (χ0) is 16.7. The lowest BCUT2D eigenvalue weighted by atomic mass is 10.1. The number of hydrogen-bond donors (Lipinski definition) is 2. The number of rotatable bonds is 3. The first kappa shape index (κ1) is 15.2. The predicted octanol–water partition coefficient (Wildman–Crippen LogP) is 4.44. The molecule has 2 N–H and O–H groups in total. The Morgan fingerprint density at radius 1 is 1.08 bits per heavy atom. The van der Waals surface area contributed by atoms with Crippen LogP contribution in [0.25, 0.3) is 21.8 Å². The summed E-state index contributed by atoms with van der Waals surface area (Å²) < 4.78 is 2.02. The summed E-state index contributed by atoms with van der Waals surface area (Å²) in [5.41, 5.74) is 2.85. The highest BCUT2D eigenvalue weighted by Crippen LogP contribution is 2.19. The first-order chi connectivity index (χ1) is 11.6. The topological polar surface area (TPSA) is 53.6 Å². The number of aromatic amines is 2. The molecule has 0 aliphatic heterocycles. The van der Waals surface area contributed by atoms with E-state index in [2.05, 4.69) is 16.0 Å². The van der Waals surface area contributed by atoms with Crippen LogP contribution in [0.5, 0.6) is 0 Å². The molecule has 0 aliphatic rings. The molecule has 2 heterocycles. The number of fused-ring (bicyclic) bond motifs is 2. The van der Waals surface area contributed by atoms with Gasteiger partial charge in [-0.15, -0.1) is 0 Å². The number of nitrogens with one attached hydrogen (secondary N) is 2. The predicted molar refractivity (Wildman–Crippen MR) is 100 cm³/mol. The second-order valence-electron chi connectivity index (χ2n) is 5.69. The number of nitrogens with zero attached hydrogens (tertiary/aromatic N) is 1. The van der Waals surface area contributed by atoms with E-state index in [1.807, 2.05) is 24.4 Å². The van der Waals surface area contributed by atoms with Crippen molar-refractivity contribution in [3.05, 3.63) is 74.4 Å². The van der Waals surface area contributed by atoms with E-state index in [9.17, 15) is 4.79 Å². The summed E-state index contributed by atoms with van der Waals surface area (Å²) >= 11 is 11.4. The van der Waals surface area contributed by atoms with Crippen LogP contribution in [0.1, 0.15) is 5.56 Å². The number of H-pyrrole nitrogens is 2. The minimum atomic E-state index is -0.115. The Morgan fingerprint density at radius 3 is 2.79 bits per heavy atom. The lowest BCUT2D eigenvalue weighted by molar-refractivity contribution is 0.654. The van der Waals surface area contributed by atoms with Crippen molar-refractivity contribution in [2.24, 2.45) is 0 Å². The average Bonchev–Trinajstić information content (AvgIpc) is 2.99. The molecule has 0 saturated carbocycles. The van der Waals surface area contributed by atoms with E-state index in [1.54, 1.807) is 22.8 Å². The Hall–Kier alpha value is -2.37. The number of hydrogen-bond acceptors (Lipinski definition) is 2. The molecule has 4 rings (SSSR count). The number of para-hydroxylation sites is 1. The third-order valence-electron chi connectivity index (χ3n) is 4.22. The third kappa shape index (κ3) is 2.56. The summed E-state index contributed by atoms with van der Waals surface area (Å²) in [5.74, 6) is 0. The summed E-state index contributed by atoms with van der Waals surface area (Å²) in [4.78, 5) is 19.1. The Morgan fingerprint density at radius 2 is 1.92 bits per heavy atom. The standard InChI is InChI=1S/C18H14ClN3OS/c19-12-5-6-16-14(9-12)17(23)22(18(24)21-16)8-7-11-10-20-15-4-2-1-3-13(11)15/h1-6,9-10,20H,7-8H2,(H,21,24). The lowest BCUT2D eigenvalue weighted by Gasteiger charge is -2.08. The fourth-order valence-electron chi connectivity index (χ4n) is 3.00. The summed E-state index contributed by atoms with van der Waals surface area (Å²) in [7, 11) is 0. The summed E-state index contributed by atoms with van der Waals surface area (Å²) in [6.07, 6.45) is 2.70. The first-order valence-corrected chi connectivity index (χ1v) is 8.39. The minimum absolute atomic E-state index is 0.115. The van der Waals surface area contributed by atoms with Gasteiger partial charge in [-0.3, -0.25) is 9.36 Å². The van der Waals surface area contributed by atoms with E-state index >= 15 is 0 Å². The molecule has 0 bridgehead atoms. The van der Waals surface area contributed by atoms with Gasteiger partial charge in [0.2, 0.25) is 0 Å². The molecule has 2 aromatic heterocycles. The van der Waals surface area contributed by atoms with E-state index in [0.29, 0.717) is 33.7 Å². The van der Waals surface area contributed by atoms with Gasteiger partial charge in [-0.25, -0.2) is 0 Å². The van der Waals surface area contributed by atoms with Crippen molar-refractivity contribution in [1.29, 1.82) is 0 Å². The molecule has 2 aromatic carbocycles. The van der Waals surface area contributed by atoms with Crippen molar-refractivity contribution in [2.75, 3.05) is 0 Å². The van der Waals surface area contributed by atoms with Crippen LogP contribution in [0.2, 0.25) is 5.02 Å². The highest BCUT2D eigenvalue weighted by atomic mass is 35.5. The zero-order valence-corrected chi connectivity index (χ0v) is 14.2. The van der Waals surface area contributed by atoms with E-state index in [1.165, 1.54) is 5.39 Å². The maximum Gasteiger partial charge on any atom is 0.262 e. The van der Waals surface area contributed by atoms with Crippen molar-refractivity contribution in [2.45, 2.75) is 13.0 Å². The molecule has 120 valence electrons. The number of benzene rings is 2. The Balaban J connectivity index is 1.74. The molecule has 0 radical (unpaired) electrons. The van der Waals surface area contributed by atoms with Crippen LogP contribution in [0.4, 0.5) is 0 Å². The van der Waals surface area contributed by atoms with E-state index < -0.39 is 0 Å². The molecule has 4 aromatic rings. The molecular formula is C18H14ClN3OS. The zero-order valence-electron chi connectivity index (χ0n) is 12.7. The Labute approximate surface area is 147 Å². The smallest absolute Gasteiger partial charge is 0.262 e. The molecule has 4 nitrogen and oxygen atoms in total. The molecule has 0 fully saturated rings. The van der Waals surface area contributed by atoms with E-state index in [4.69, 9.17) is 23.8 Å². The summed E-state index contributed by atoms with van der Waals surface area (Å²) in [6.45, 7) is 0.512. The fraction of sp³-hybridized carbons (Fsp3) is 0.111. The van der Waals surface area contributed by atoms with Crippen LogP contribution < -0.4 is 5.56 Å². The molecule has 0 saturated heterocycles. The van der Waals surface area contributed by atoms with Crippen LogP contribution in [0, 0.1) is 4.77 Å². The molecule has 0 amide bonds. The van der Waals surface area contributed by atoms with Gasteiger partial charge in [-0.2, -0.15) is 0 Å². The van der Waals surface area contributed by atoms with Gasteiger partial charge in [0.05, 0.1) is 10.9 Å². The highest BCUT2D eigenvalue weighted by Gasteiger charge is 2.08. The van der Waals surface area contributed by atoms with Crippen LogP contribution in [-0.4, -0.2) is 14.5 Å². The van der Waals surface area contributed by atoms with Gasteiger partial charge >= 0.3 is 0 Å². The second-order valence-corrected chi connectivity index (χ2v) is 6.51. The number of aryl methyl sites for hydroxylation is 1. The molecule has 24 heavy (non-hydrogen) atoms. The van der Waals surface area contributed by atoms with Crippen molar-refractivity contribution in [1.82, 2.24) is 14.5 Å². The molecular weight excluding hydrogens is 342 g/mol. The molecule has 0 aliphatic carbocycles. The number of halogens is 1. The lowest BCUT2D eigenvalue weighted by Crippen LogP contribution is -2.23. The van der Waals surface area contributed by atoms with Gasteiger partial charge in [0, 0.05) is 28.7 Å². The van der Waals surface area contributed by atoms with E-state index in [-0.39, 0.29) is 5.56 Å². The van der Waals surface area contributed by atoms with Crippen molar-refractivity contribution >= 4 is 45.6 Å². The Kier molecular flexibility index (Phi) is 3.75. The van der Waals surface area contributed by atoms with Crippen LogP contribution in [0.15, 0.2) is 53.5 Å². The second kappa shape index (κ2) is 5.92. The summed E-state index contributed by atoms with van der Waals surface area (Å²) in [5, 5.41) is 2.26. The monoisotopic (exact) mass is 355 g/mol. The fourth-order valence-corrected chi connectivity index (χ4v) is 3.45.